The van der Waals surface area contributed by atoms with E-state index in [4.69, 9.17) is 4.74 Å². The van der Waals surface area contributed by atoms with Crippen LogP contribution in [0.25, 0.3) is 0 Å². The smallest absolute Gasteiger partial charge is 0.288 e. The summed E-state index contributed by atoms with van der Waals surface area (Å²) in [4.78, 5) is 10.0. The average Bonchev–Trinajstić information content (AvgIpc) is 2.55. The van der Waals surface area contributed by atoms with E-state index in [9.17, 15) is 18.5 Å². The largest absolute Gasteiger partial charge is 0.379 e. The van der Waals surface area contributed by atoms with Crippen molar-refractivity contribution in [2.75, 3.05) is 11.6 Å². The van der Waals surface area contributed by atoms with Crippen LogP contribution in [-0.2, 0) is 14.6 Å². The molecule has 1 fully saturated rings. The van der Waals surface area contributed by atoms with E-state index in [1.54, 1.807) is 0 Å². The maximum Gasteiger partial charge on any atom is 0.288 e. The summed E-state index contributed by atoms with van der Waals surface area (Å²) in [6.07, 6.45) is 1.70. The first-order chi connectivity index (χ1) is 10.3. The van der Waals surface area contributed by atoms with E-state index in [1.807, 2.05) is 27.7 Å². The van der Waals surface area contributed by atoms with Gasteiger partial charge in [-0.05, 0) is 46.2 Å². The highest BCUT2D eigenvalue weighted by Crippen LogP contribution is 2.39. The van der Waals surface area contributed by atoms with E-state index in [2.05, 4.69) is 5.32 Å². The Labute approximate surface area is 136 Å². The van der Waals surface area contributed by atoms with Crippen LogP contribution in [0.1, 0.15) is 34.1 Å². The van der Waals surface area contributed by atoms with Crippen molar-refractivity contribution in [3.63, 3.8) is 0 Å². The fourth-order valence-electron chi connectivity index (χ4n) is 3.04. The van der Waals surface area contributed by atoms with Crippen molar-refractivity contribution >= 4 is 21.2 Å². The molecule has 0 amide bonds. The highest BCUT2D eigenvalue weighted by atomic mass is 32.2. The summed E-state index contributed by atoms with van der Waals surface area (Å²) in [7, 11) is -3.70. The van der Waals surface area contributed by atoms with Crippen molar-refractivity contribution in [2.45, 2.75) is 56.3 Å². The van der Waals surface area contributed by atoms with Crippen LogP contribution in [0.3, 0.4) is 0 Å². The third-order valence-electron chi connectivity index (χ3n) is 3.97. The lowest BCUT2D eigenvalue weighted by Crippen LogP contribution is -2.38. The Morgan fingerprint density at radius 3 is 2.35 bits per heavy atom. The molecule has 2 rings (SSSR count). The van der Waals surface area contributed by atoms with E-state index < -0.39 is 26.0 Å². The first-order valence-electron chi connectivity index (χ1n) is 7.27. The molecular weight excluding hydrogens is 320 g/mol. The average molecular weight is 342 g/mol. The van der Waals surface area contributed by atoms with Crippen molar-refractivity contribution < 1.29 is 18.1 Å². The standard InChI is InChI=1S/C15H22N2O5S/c1-14(2)9-13(15(3,4)22-14)16-10-6-7-11(17(18)19)12(8-10)23(5,20)21/h6-8,13,16H,9H2,1-5H3. The maximum absolute atomic E-state index is 11.8. The molecule has 0 bridgehead atoms. The van der Waals surface area contributed by atoms with Crippen LogP contribution in [0.4, 0.5) is 11.4 Å². The van der Waals surface area contributed by atoms with Crippen LogP contribution in [0.15, 0.2) is 23.1 Å². The zero-order valence-corrected chi connectivity index (χ0v) is 14.7. The number of benzene rings is 1. The number of nitrogens with one attached hydrogen (secondary N) is 1. The third-order valence-corrected chi connectivity index (χ3v) is 5.10. The lowest BCUT2D eigenvalue weighted by Gasteiger charge is -2.28. The number of nitro groups is 1. The van der Waals surface area contributed by atoms with E-state index in [1.165, 1.54) is 18.2 Å². The summed E-state index contributed by atoms with van der Waals surface area (Å²) < 4.78 is 29.6. The van der Waals surface area contributed by atoms with Crippen molar-refractivity contribution in [2.24, 2.45) is 0 Å². The number of hydrogen-bond donors (Lipinski definition) is 1. The second-order valence-electron chi connectivity index (χ2n) is 7.08. The minimum atomic E-state index is -3.70. The molecule has 1 aromatic rings. The highest BCUT2D eigenvalue weighted by molar-refractivity contribution is 7.90. The van der Waals surface area contributed by atoms with Crippen LogP contribution < -0.4 is 5.32 Å². The molecule has 1 aromatic carbocycles. The van der Waals surface area contributed by atoms with Crippen LogP contribution in [-0.4, -0.2) is 36.8 Å². The van der Waals surface area contributed by atoms with Crippen LogP contribution in [0.2, 0.25) is 0 Å². The van der Waals surface area contributed by atoms with Gasteiger partial charge in [-0.1, -0.05) is 0 Å². The number of rotatable bonds is 4. The second-order valence-corrected chi connectivity index (χ2v) is 9.06. The van der Waals surface area contributed by atoms with Gasteiger partial charge < -0.3 is 10.1 Å². The molecule has 0 spiro atoms. The second kappa shape index (κ2) is 5.45. The third kappa shape index (κ3) is 3.81. The molecular formula is C15H22N2O5S. The van der Waals surface area contributed by atoms with Crippen molar-refractivity contribution in [1.82, 2.24) is 0 Å². The lowest BCUT2D eigenvalue weighted by molar-refractivity contribution is -0.387. The first-order valence-corrected chi connectivity index (χ1v) is 9.16. The molecule has 1 unspecified atom stereocenters. The summed E-state index contributed by atoms with van der Waals surface area (Å²) in [5.41, 5.74) is -0.617. The number of nitrogens with zero attached hydrogens (tertiary/aromatic N) is 1. The van der Waals surface area contributed by atoms with E-state index >= 15 is 0 Å². The lowest BCUT2D eigenvalue weighted by atomic mass is 9.94. The molecule has 0 aliphatic carbocycles. The molecule has 1 atom stereocenters. The Morgan fingerprint density at radius 1 is 1.30 bits per heavy atom. The Hall–Kier alpha value is -1.67. The fourth-order valence-corrected chi connectivity index (χ4v) is 3.90. The summed E-state index contributed by atoms with van der Waals surface area (Å²) in [6, 6.07) is 4.02. The van der Waals surface area contributed by atoms with Gasteiger partial charge in [-0.3, -0.25) is 10.1 Å². The van der Waals surface area contributed by atoms with Gasteiger partial charge in [0.2, 0.25) is 0 Å². The van der Waals surface area contributed by atoms with Gasteiger partial charge in [0.15, 0.2) is 9.84 Å². The van der Waals surface area contributed by atoms with Crippen molar-refractivity contribution in [1.29, 1.82) is 0 Å². The van der Waals surface area contributed by atoms with Crippen LogP contribution in [0, 0.1) is 10.1 Å². The van der Waals surface area contributed by atoms with E-state index in [0.29, 0.717) is 5.69 Å². The van der Waals surface area contributed by atoms with Crippen LogP contribution >= 0.6 is 0 Å². The first kappa shape index (κ1) is 17.7. The van der Waals surface area contributed by atoms with Gasteiger partial charge in [-0.15, -0.1) is 0 Å². The molecule has 23 heavy (non-hydrogen) atoms. The summed E-state index contributed by atoms with van der Waals surface area (Å²) in [6.45, 7) is 7.91. The number of anilines is 1. The van der Waals surface area contributed by atoms with Gasteiger partial charge in [0.25, 0.3) is 5.69 Å². The molecule has 1 saturated heterocycles. The molecule has 1 aliphatic rings. The summed E-state index contributed by atoms with van der Waals surface area (Å²) in [5.74, 6) is 0. The molecule has 1 aliphatic heterocycles. The fraction of sp³-hybridized carbons (Fsp3) is 0.600. The van der Waals surface area contributed by atoms with E-state index in [0.717, 1.165) is 12.7 Å². The van der Waals surface area contributed by atoms with Crippen molar-refractivity contribution in [3.8, 4) is 0 Å². The monoisotopic (exact) mass is 342 g/mol. The molecule has 7 nitrogen and oxygen atoms in total. The van der Waals surface area contributed by atoms with Crippen molar-refractivity contribution in [3.05, 3.63) is 28.3 Å². The molecule has 1 N–H and O–H groups in total. The highest BCUT2D eigenvalue weighted by Gasteiger charge is 2.45. The zero-order chi connectivity index (χ0) is 17.6. The Balaban J connectivity index is 2.37. The molecule has 8 heteroatoms. The summed E-state index contributed by atoms with van der Waals surface area (Å²) >= 11 is 0. The maximum atomic E-state index is 11.8. The summed E-state index contributed by atoms with van der Waals surface area (Å²) in [5, 5.41) is 14.3. The Morgan fingerprint density at radius 2 is 1.91 bits per heavy atom. The Kier molecular flexibility index (Phi) is 4.19. The molecule has 0 saturated carbocycles. The zero-order valence-electron chi connectivity index (χ0n) is 13.9. The van der Waals surface area contributed by atoms with Gasteiger partial charge in [-0.25, -0.2) is 8.42 Å². The topological polar surface area (TPSA) is 98.5 Å². The normalized spacial score (nSPS) is 22.7. The molecule has 1 heterocycles. The van der Waals surface area contributed by atoms with Crippen LogP contribution in [0.5, 0.6) is 0 Å². The quantitative estimate of drug-likeness (QED) is 0.667. The number of hydrogen-bond acceptors (Lipinski definition) is 6. The van der Waals surface area contributed by atoms with Gasteiger partial charge in [0.1, 0.15) is 4.90 Å². The van der Waals surface area contributed by atoms with Gasteiger partial charge in [0, 0.05) is 18.0 Å². The van der Waals surface area contributed by atoms with Gasteiger partial charge in [-0.2, -0.15) is 0 Å². The predicted molar refractivity (Wildman–Crippen MR) is 87.5 cm³/mol. The molecule has 0 radical (unpaired) electrons. The number of nitro benzene ring substituents is 1. The Bertz CT molecular complexity index is 740. The minimum absolute atomic E-state index is 0.0358. The minimum Gasteiger partial charge on any atom is -0.379 e. The van der Waals surface area contributed by atoms with Gasteiger partial charge in [0.05, 0.1) is 22.2 Å². The number of ether oxygens (including phenoxy) is 1. The molecule has 128 valence electrons. The number of sulfone groups is 1. The van der Waals surface area contributed by atoms with Gasteiger partial charge >= 0.3 is 0 Å². The predicted octanol–water partition coefficient (Wildman–Crippen LogP) is 2.76. The van der Waals surface area contributed by atoms with E-state index in [-0.39, 0.29) is 16.5 Å². The molecule has 0 aromatic heterocycles. The SMILES string of the molecule is CC1(C)CC(Nc2ccc([N+](=O)[O-])c(S(C)(=O)=O)c2)C(C)(C)O1.